The van der Waals surface area contributed by atoms with E-state index in [4.69, 9.17) is 4.42 Å². The van der Waals surface area contributed by atoms with Gasteiger partial charge in [0.25, 0.3) is 0 Å². The normalized spacial score (nSPS) is 21.4. The lowest BCUT2D eigenvalue weighted by Gasteiger charge is -2.23. The van der Waals surface area contributed by atoms with Crippen LogP contribution in [0.25, 0.3) is 0 Å². The van der Waals surface area contributed by atoms with E-state index in [-0.39, 0.29) is 0 Å². The fraction of sp³-hybridized carbons (Fsp3) is 0.750. The van der Waals surface area contributed by atoms with E-state index in [0.717, 1.165) is 5.92 Å². The van der Waals surface area contributed by atoms with Crippen molar-refractivity contribution >= 4 is 0 Å². The molecule has 1 saturated carbocycles. The summed E-state index contributed by atoms with van der Waals surface area (Å²) in [6.07, 6.45) is 8.68. The summed E-state index contributed by atoms with van der Waals surface area (Å²) in [4.78, 5) is 0. The molecule has 1 aromatic rings. The van der Waals surface area contributed by atoms with Gasteiger partial charge >= 0.3 is 0 Å². The molecule has 19 heavy (non-hydrogen) atoms. The van der Waals surface area contributed by atoms with Crippen molar-refractivity contribution in [3.8, 4) is 0 Å². The first-order valence-corrected chi connectivity index (χ1v) is 7.62. The molecule has 0 spiro atoms. The Labute approximate surface area is 116 Å². The minimum absolute atomic E-state index is 0.302. The average molecular weight is 265 g/mol. The summed E-state index contributed by atoms with van der Waals surface area (Å²) < 4.78 is 5.23. The predicted octanol–water partition coefficient (Wildman–Crippen LogP) is 3.65. The van der Waals surface area contributed by atoms with Gasteiger partial charge in [-0.3, -0.25) is 0 Å². The molecule has 0 aromatic carbocycles. The fourth-order valence-electron chi connectivity index (χ4n) is 3.30. The summed E-state index contributed by atoms with van der Waals surface area (Å²) in [5.41, 5.74) is 0. The molecular weight excluding hydrogens is 238 g/mol. The van der Waals surface area contributed by atoms with Crippen molar-refractivity contribution < 1.29 is 9.52 Å². The lowest BCUT2D eigenvalue weighted by Crippen LogP contribution is -2.36. The lowest BCUT2D eigenvalue weighted by atomic mass is 9.98. The quantitative estimate of drug-likeness (QED) is 0.791. The van der Waals surface area contributed by atoms with Crippen LogP contribution in [-0.4, -0.2) is 17.2 Å². The first-order chi connectivity index (χ1) is 9.15. The minimum Gasteiger partial charge on any atom is -0.467 e. The van der Waals surface area contributed by atoms with Gasteiger partial charge in [0.15, 0.2) is 0 Å². The molecule has 0 amide bonds. The SMILES string of the molecule is CC(CC1CCCC1)NC(C)CC(O)c1ccco1. The van der Waals surface area contributed by atoms with Crippen molar-refractivity contribution in [2.45, 2.75) is 70.6 Å². The van der Waals surface area contributed by atoms with E-state index in [2.05, 4.69) is 19.2 Å². The first kappa shape index (κ1) is 14.6. The summed E-state index contributed by atoms with van der Waals surface area (Å²) in [5.74, 6) is 1.57. The van der Waals surface area contributed by atoms with E-state index in [1.54, 1.807) is 6.26 Å². The average Bonchev–Trinajstić information content (AvgIpc) is 3.00. The van der Waals surface area contributed by atoms with Crippen LogP contribution in [0.4, 0.5) is 0 Å². The molecule has 0 bridgehead atoms. The van der Waals surface area contributed by atoms with Crippen molar-refractivity contribution in [2.75, 3.05) is 0 Å². The fourth-order valence-corrected chi connectivity index (χ4v) is 3.30. The Hall–Kier alpha value is -0.800. The van der Waals surface area contributed by atoms with Crippen LogP contribution in [0.1, 0.15) is 64.2 Å². The van der Waals surface area contributed by atoms with E-state index >= 15 is 0 Å². The van der Waals surface area contributed by atoms with Crippen LogP contribution in [0.2, 0.25) is 0 Å². The maximum Gasteiger partial charge on any atom is 0.132 e. The Kier molecular flexibility index (Phi) is 5.46. The Morgan fingerprint density at radius 2 is 2.05 bits per heavy atom. The zero-order chi connectivity index (χ0) is 13.7. The molecule has 3 heteroatoms. The third-order valence-corrected chi connectivity index (χ3v) is 4.18. The molecule has 1 aliphatic rings. The molecule has 1 aliphatic carbocycles. The molecule has 0 saturated heterocycles. The van der Waals surface area contributed by atoms with Gasteiger partial charge in [0, 0.05) is 12.1 Å². The van der Waals surface area contributed by atoms with Gasteiger partial charge in [0.2, 0.25) is 0 Å². The van der Waals surface area contributed by atoms with E-state index in [9.17, 15) is 5.11 Å². The molecule has 0 radical (unpaired) electrons. The van der Waals surface area contributed by atoms with Crippen LogP contribution >= 0.6 is 0 Å². The highest BCUT2D eigenvalue weighted by molar-refractivity contribution is 5.02. The van der Waals surface area contributed by atoms with Crippen LogP contribution in [-0.2, 0) is 0 Å². The summed E-state index contributed by atoms with van der Waals surface area (Å²) in [5, 5.41) is 13.6. The Morgan fingerprint density at radius 1 is 1.32 bits per heavy atom. The molecule has 3 unspecified atom stereocenters. The van der Waals surface area contributed by atoms with Gasteiger partial charge in [-0.25, -0.2) is 0 Å². The van der Waals surface area contributed by atoms with E-state index in [1.807, 2.05) is 12.1 Å². The Morgan fingerprint density at radius 3 is 2.68 bits per heavy atom. The minimum atomic E-state index is -0.504. The second-order valence-corrected chi connectivity index (χ2v) is 6.12. The predicted molar refractivity (Wildman–Crippen MR) is 76.9 cm³/mol. The summed E-state index contributed by atoms with van der Waals surface area (Å²) in [6, 6.07) is 4.48. The van der Waals surface area contributed by atoms with Crippen LogP contribution in [0, 0.1) is 5.92 Å². The third kappa shape index (κ3) is 4.66. The third-order valence-electron chi connectivity index (χ3n) is 4.18. The number of hydrogen-bond acceptors (Lipinski definition) is 3. The molecule has 3 nitrogen and oxygen atoms in total. The van der Waals surface area contributed by atoms with Gasteiger partial charge in [0.05, 0.1) is 6.26 Å². The van der Waals surface area contributed by atoms with Crippen molar-refractivity contribution in [2.24, 2.45) is 5.92 Å². The molecule has 1 fully saturated rings. The zero-order valence-corrected chi connectivity index (χ0v) is 12.1. The van der Waals surface area contributed by atoms with Gasteiger partial charge in [-0.2, -0.15) is 0 Å². The van der Waals surface area contributed by atoms with E-state index in [1.165, 1.54) is 32.1 Å². The van der Waals surface area contributed by atoms with Crippen LogP contribution in [0.5, 0.6) is 0 Å². The van der Waals surface area contributed by atoms with E-state index < -0.39 is 6.10 Å². The Bertz CT molecular complexity index is 344. The summed E-state index contributed by atoms with van der Waals surface area (Å²) in [6.45, 7) is 4.39. The van der Waals surface area contributed by atoms with Crippen molar-refractivity contribution in [1.29, 1.82) is 0 Å². The number of furan rings is 1. The topological polar surface area (TPSA) is 45.4 Å². The molecule has 0 aliphatic heterocycles. The van der Waals surface area contributed by atoms with Crippen LogP contribution < -0.4 is 5.32 Å². The molecule has 1 aromatic heterocycles. The number of aliphatic hydroxyl groups excluding tert-OH is 1. The van der Waals surface area contributed by atoms with Crippen molar-refractivity contribution in [3.05, 3.63) is 24.2 Å². The Balaban J connectivity index is 1.69. The van der Waals surface area contributed by atoms with Crippen molar-refractivity contribution in [3.63, 3.8) is 0 Å². The molecule has 1 heterocycles. The van der Waals surface area contributed by atoms with Gasteiger partial charge in [-0.05, 0) is 44.7 Å². The second kappa shape index (κ2) is 7.11. The highest BCUT2D eigenvalue weighted by atomic mass is 16.4. The molecule has 108 valence electrons. The monoisotopic (exact) mass is 265 g/mol. The number of rotatable bonds is 7. The van der Waals surface area contributed by atoms with Gasteiger partial charge < -0.3 is 14.8 Å². The second-order valence-electron chi connectivity index (χ2n) is 6.12. The number of hydrogen-bond donors (Lipinski definition) is 2. The molecule has 2 rings (SSSR count). The zero-order valence-electron chi connectivity index (χ0n) is 12.1. The summed E-state index contributed by atoms with van der Waals surface area (Å²) in [7, 11) is 0. The van der Waals surface area contributed by atoms with Crippen molar-refractivity contribution in [1.82, 2.24) is 5.32 Å². The maximum absolute atomic E-state index is 10.0. The van der Waals surface area contributed by atoms with Gasteiger partial charge in [-0.15, -0.1) is 0 Å². The maximum atomic E-state index is 10.0. The number of nitrogens with one attached hydrogen (secondary N) is 1. The highest BCUT2D eigenvalue weighted by Crippen LogP contribution is 2.28. The summed E-state index contributed by atoms with van der Waals surface area (Å²) >= 11 is 0. The molecular formula is C16H27NO2. The van der Waals surface area contributed by atoms with Crippen LogP contribution in [0.3, 0.4) is 0 Å². The smallest absolute Gasteiger partial charge is 0.132 e. The van der Waals surface area contributed by atoms with Crippen LogP contribution in [0.15, 0.2) is 22.8 Å². The standard InChI is InChI=1S/C16H27NO2/c1-12(10-14-6-3-4-7-14)17-13(2)11-15(18)16-8-5-9-19-16/h5,8-9,12-15,17-18H,3-4,6-7,10-11H2,1-2H3. The van der Waals surface area contributed by atoms with Gasteiger partial charge in [-0.1, -0.05) is 25.7 Å². The molecule has 3 atom stereocenters. The lowest BCUT2D eigenvalue weighted by molar-refractivity contribution is 0.126. The van der Waals surface area contributed by atoms with E-state index in [0.29, 0.717) is 24.3 Å². The number of aliphatic hydroxyl groups is 1. The van der Waals surface area contributed by atoms with Gasteiger partial charge in [0.1, 0.15) is 11.9 Å². The largest absolute Gasteiger partial charge is 0.467 e. The highest BCUT2D eigenvalue weighted by Gasteiger charge is 2.20. The molecule has 2 N–H and O–H groups in total. The first-order valence-electron chi connectivity index (χ1n) is 7.62.